The molecule has 0 spiro atoms. The van der Waals surface area contributed by atoms with Gasteiger partial charge in [-0.1, -0.05) is 26.0 Å². The van der Waals surface area contributed by atoms with Gasteiger partial charge in [-0.2, -0.15) is 0 Å². The SMILES string of the molecule is CC(=O)N(CCC(=O)Nc1ccc(N(C)C)cc1)c1ccc(C(C)C)cc1. The molecule has 0 aliphatic rings. The number of nitrogens with one attached hydrogen (secondary N) is 1. The van der Waals surface area contributed by atoms with E-state index >= 15 is 0 Å². The highest BCUT2D eigenvalue weighted by atomic mass is 16.2. The fourth-order valence-corrected chi connectivity index (χ4v) is 2.79. The Hall–Kier alpha value is -2.82. The summed E-state index contributed by atoms with van der Waals surface area (Å²) >= 11 is 0. The van der Waals surface area contributed by atoms with E-state index in [9.17, 15) is 9.59 Å². The normalized spacial score (nSPS) is 10.6. The number of anilines is 3. The largest absolute Gasteiger partial charge is 0.378 e. The molecule has 0 bridgehead atoms. The first-order chi connectivity index (χ1) is 12.8. The number of benzene rings is 2. The van der Waals surface area contributed by atoms with E-state index in [1.165, 1.54) is 12.5 Å². The number of carbonyl (C=O) groups is 2. The van der Waals surface area contributed by atoms with Gasteiger partial charge < -0.3 is 15.1 Å². The molecule has 0 unspecified atom stereocenters. The Morgan fingerprint density at radius 1 is 0.926 bits per heavy atom. The fraction of sp³-hybridized carbons (Fsp3) is 0.364. The van der Waals surface area contributed by atoms with E-state index in [0.29, 0.717) is 12.5 Å². The van der Waals surface area contributed by atoms with Crippen LogP contribution >= 0.6 is 0 Å². The number of carbonyl (C=O) groups excluding carboxylic acids is 2. The van der Waals surface area contributed by atoms with Gasteiger partial charge in [0.25, 0.3) is 0 Å². The van der Waals surface area contributed by atoms with Crippen molar-refractivity contribution in [1.29, 1.82) is 0 Å². The topological polar surface area (TPSA) is 52.7 Å². The average Bonchev–Trinajstić information content (AvgIpc) is 2.62. The maximum atomic E-state index is 12.3. The molecule has 0 fully saturated rings. The van der Waals surface area contributed by atoms with Crippen molar-refractivity contribution in [3.8, 4) is 0 Å². The zero-order chi connectivity index (χ0) is 20.0. The Balaban J connectivity index is 1.96. The number of hydrogen-bond acceptors (Lipinski definition) is 3. The first-order valence-corrected chi connectivity index (χ1v) is 9.23. The van der Waals surface area contributed by atoms with E-state index in [2.05, 4.69) is 19.2 Å². The smallest absolute Gasteiger partial charge is 0.226 e. The van der Waals surface area contributed by atoms with E-state index < -0.39 is 0 Å². The maximum absolute atomic E-state index is 12.3. The van der Waals surface area contributed by atoms with Gasteiger partial charge in [-0.15, -0.1) is 0 Å². The van der Waals surface area contributed by atoms with Gasteiger partial charge in [0.1, 0.15) is 0 Å². The van der Waals surface area contributed by atoms with Gasteiger partial charge in [-0.05, 0) is 47.9 Å². The highest BCUT2D eigenvalue weighted by Crippen LogP contribution is 2.21. The molecule has 0 aliphatic carbocycles. The van der Waals surface area contributed by atoms with Crippen molar-refractivity contribution >= 4 is 28.9 Å². The second kappa shape index (κ2) is 9.21. The van der Waals surface area contributed by atoms with Gasteiger partial charge in [0.05, 0.1) is 0 Å². The molecule has 5 nitrogen and oxygen atoms in total. The van der Waals surface area contributed by atoms with Crippen LogP contribution in [0.2, 0.25) is 0 Å². The van der Waals surface area contributed by atoms with Crippen molar-refractivity contribution in [2.45, 2.75) is 33.1 Å². The third-order valence-corrected chi connectivity index (χ3v) is 4.48. The third-order valence-electron chi connectivity index (χ3n) is 4.48. The molecule has 0 saturated carbocycles. The zero-order valence-corrected chi connectivity index (χ0v) is 16.8. The highest BCUT2D eigenvalue weighted by molar-refractivity contribution is 5.94. The minimum Gasteiger partial charge on any atom is -0.378 e. The molecule has 2 aromatic carbocycles. The molecular formula is C22H29N3O2. The quantitative estimate of drug-likeness (QED) is 0.796. The average molecular weight is 367 g/mol. The predicted molar refractivity (Wildman–Crippen MR) is 113 cm³/mol. The summed E-state index contributed by atoms with van der Waals surface area (Å²) in [4.78, 5) is 27.9. The van der Waals surface area contributed by atoms with E-state index in [-0.39, 0.29) is 18.2 Å². The summed E-state index contributed by atoms with van der Waals surface area (Å²) < 4.78 is 0. The van der Waals surface area contributed by atoms with E-state index in [1.54, 1.807) is 4.90 Å². The molecule has 2 aromatic rings. The second-order valence-corrected chi connectivity index (χ2v) is 7.16. The summed E-state index contributed by atoms with van der Waals surface area (Å²) in [5, 5.41) is 2.88. The van der Waals surface area contributed by atoms with Crippen LogP contribution in [0.3, 0.4) is 0 Å². The molecule has 0 atom stereocenters. The number of rotatable bonds is 7. The van der Waals surface area contributed by atoms with E-state index in [4.69, 9.17) is 0 Å². The Labute approximate surface area is 162 Å². The van der Waals surface area contributed by atoms with Crippen LogP contribution in [-0.4, -0.2) is 32.5 Å². The first-order valence-electron chi connectivity index (χ1n) is 9.23. The minimum atomic E-state index is -0.113. The first kappa shape index (κ1) is 20.5. The number of amides is 2. The van der Waals surface area contributed by atoms with Crippen molar-refractivity contribution in [1.82, 2.24) is 0 Å². The monoisotopic (exact) mass is 367 g/mol. The van der Waals surface area contributed by atoms with Gasteiger partial charge in [0.15, 0.2) is 0 Å². The Morgan fingerprint density at radius 3 is 1.96 bits per heavy atom. The zero-order valence-electron chi connectivity index (χ0n) is 16.8. The number of hydrogen-bond donors (Lipinski definition) is 1. The van der Waals surface area contributed by atoms with E-state index in [1.807, 2.05) is 67.5 Å². The molecule has 5 heteroatoms. The lowest BCUT2D eigenvalue weighted by Crippen LogP contribution is -2.31. The number of nitrogens with zero attached hydrogens (tertiary/aromatic N) is 2. The minimum absolute atomic E-state index is 0.0737. The van der Waals surface area contributed by atoms with Gasteiger partial charge in [0.2, 0.25) is 11.8 Å². The summed E-state index contributed by atoms with van der Waals surface area (Å²) in [7, 11) is 3.94. The lowest BCUT2D eigenvalue weighted by molar-refractivity contribution is -0.117. The summed E-state index contributed by atoms with van der Waals surface area (Å²) in [5.74, 6) is 0.252. The lowest BCUT2D eigenvalue weighted by Gasteiger charge is -2.21. The van der Waals surface area contributed by atoms with Crippen molar-refractivity contribution < 1.29 is 9.59 Å². The molecule has 0 aliphatic heterocycles. The molecule has 1 N–H and O–H groups in total. The van der Waals surface area contributed by atoms with Crippen LogP contribution in [0.25, 0.3) is 0 Å². The van der Waals surface area contributed by atoms with Crippen molar-refractivity contribution in [2.75, 3.05) is 35.8 Å². The van der Waals surface area contributed by atoms with Gasteiger partial charge >= 0.3 is 0 Å². The fourth-order valence-electron chi connectivity index (χ4n) is 2.79. The Bertz CT molecular complexity index is 765. The standard InChI is InChI=1S/C22H29N3O2/c1-16(2)18-6-10-21(11-7-18)25(17(3)26)15-14-22(27)23-19-8-12-20(13-9-19)24(4)5/h6-13,16H,14-15H2,1-5H3,(H,23,27). The summed E-state index contributed by atoms with van der Waals surface area (Å²) in [6, 6.07) is 15.6. The van der Waals surface area contributed by atoms with Crippen LogP contribution in [0, 0.1) is 0 Å². The second-order valence-electron chi connectivity index (χ2n) is 7.16. The van der Waals surface area contributed by atoms with Gasteiger partial charge in [-0.25, -0.2) is 0 Å². The van der Waals surface area contributed by atoms with Crippen LogP contribution in [0.5, 0.6) is 0 Å². The molecular weight excluding hydrogens is 338 g/mol. The summed E-state index contributed by atoms with van der Waals surface area (Å²) in [6.07, 6.45) is 0.237. The molecule has 0 aromatic heterocycles. The van der Waals surface area contributed by atoms with E-state index in [0.717, 1.165) is 17.1 Å². The molecule has 27 heavy (non-hydrogen) atoms. The predicted octanol–water partition coefficient (Wildman–Crippen LogP) is 4.26. The Morgan fingerprint density at radius 2 is 1.48 bits per heavy atom. The van der Waals surface area contributed by atoms with Crippen LogP contribution < -0.4 is 15.1 Å². The van der Waals surface area contributed by atoms with Crippen LogP contribution in [0.4, 0.5) is 17.1 Å². The van der Waals surface area contributed by atoms with Crippen LogP contribution in [0.1, 0.15) is 38.7 Å². The van der Waals surface area contributed by atoms with Crippen molar-refractivity contribution in [2.24, 2.45) is 0 Å². The van der Waals surface area contributed by atoms with Gasteiger partial charge in [-0.3, -0.25) is 9.59 Å². The maximum Gasteiger partial charge on any atom is 0.226 e. The van der Waals surface area contributed by atoms with Crippen LogP contribution in [0.15, 0.2) is 48.5 Å². The van der Waals surface area contributed by atoms with Crippen molar-refractivity contribution in [3.63, 3.8) is 0 Å². The molecule has 144 valence electrons. The molecule has 2 amide bonds. The van der Waals surface area contributed by atoms with Crippen LogP contribution in [-0.2, 0) is 9.59 Å². The molecule has 0 saturated heterocycles. The van der Waals surface area contributed by atoms with Crippen molar-refractivity contribution in [3.05, 3.63) is 54.1 Å². The molecule has 2 rings (SSSR count). The lowest BCUT2D eigenvalue weighted by atomic mass is 10.0. The third kappa shape index (κ3) is 5.84. The molecule has 0 heterocycles. The summed E-state index contributed by atoms with van der Waals surface area (Å²) in [5.41, 5.74) is 3.86. The molecule has 0 radical (unpaired) electrons. The summed E-state index contributed by atoms with van der Waals surface area (Å²) in [6.45, 7) is 6.13. The van der Waals surface area contributed by atoms with Gasteiger partial charge in [0, 0.05) is 51.0 Å². The Kier molecular flexibility index (Phi) is 6.99. The highest BCUT2D eigenvalue weighted by Gasteiger charge is 2.14.